The van der Waals surface area contributed by atoms with Gasteiger partial charge in [-0.2, -0.15) is 0 Å². The van der Waals surface area contributed by atoms with Gasteiger partial charge in [0.1, 0.15) is 5.84 Å². The van der Waals surface area contributed by atoms with Gasteiger partial charge in [-0.15, -0.1) is 0 Å². The van der Waals surface area contributed by atoms with Gasteiger partial charge in [0.25, 0.3) is 5.91 Å². The van der Waals surface area contributed by atoms with Gasteiger partial charge in [0, 0.05) is 5.69 Å². The first-order chi connectivity index (χ1) is 13.9. The van der Waals surface area contributed by atoms with Crippen molar-refractivity contribution < 1.29 is 14.4 Å². The predicted octanol–water partition coefficient (Wildman–Crippen LogP) is 3.72. The minimum Gasteiger partial charge on any atom is -0.384 e. The Labute approximate surface area is 175 Å². The van der Waals surface area contributed by atoms with Crippen LogP contribution in [0, 0.1) is 0 Å². The summed E-state index contributed by atoms with van der Waals surface area (Å²) in [6.45, 7) is 3.74. The lowest BCUT2D eigenvalue weighted by atomic mass is 10.0. The molecule has 2 rings (SSSR count). The van der Waals surface area contributed by atoms with E-state index in [9.17, 15) is 9.59 Å². The molecular weight excluding hydrogens is 392 g/mol. The Morgan fingerprint density at radius 1 is 1.00 bits per heavy atom. The molecule has 0 aliphatic heterocycles. The van der Waals surface area contributed by atoms with Crippen LogP contribution in [-0.4, -0.2) is 24.3 Å². The summed E-state index contributed by atoms with van der Waals surface area (Å²) in [5.41, 5.74) is 9.09. The number of hydrogen-bond acceptors (Lipinski definition) is 4. The molecule has 0 saturated heterocycles. The van der Waals surface area contributed by atoms with Crippen molar-refractivity contribution in [2.24, 2.45) is 10.9 Å². The summed E-state index contributed by atoms with van der Waals surface area (Å²) in [6, 6.07) is 12.8. The number of amidine groups is 1. The molecule has 8 heteroatoms. The molecule has 4 N–H and O–H groups in total. The number of nitrogens with zero attached hydrogens (tertiary/aromatic N) is 1. The van der Waals surface area contributed by atoms with Gasteiger partial charge in [-0.05, 0) is 36.1 Å². The van der Waals surface area contributed by atoms with Gasteiger partial charge in [-0.3, -0.25) is 9.59 Å². The molecule has 2 aromatic carbocycles. The fourth-order valence-electron chi connectivity index (χ4n) is 2.71. The number of para-hydroxylation sites is 2. The standard InChI is InChI=1S/C21H25ClN4O3/c1-3-14-8-7-9-15(4-2)21(14)25-20(28)13-29-26-18(23)12-19(27)24-17-11-6-5-10-16(17)22/h5-11H,3-4,12-13H2,1-2H3,(H2,23,26)(H,24,27)(H,25,28). The second-order valence-electron chi connectivity index (χ2n) is 6.27. The molecule has 0 atom stereocenters. The number of oxime groups is 1. The molecule has 0 fully saturated rings. The number of amides is 2. The molecule has 0 unspecified atom stereocenters. The molecule has 0 aliphatic rings. The van der Waals surface area contributed by atoms with Crippen LogP contribution in [0.25, 0.3) is 0 Å². The van der Waals surface area contributed by atoms with Crippen molar-refractivity contribution in [1.82, 2.24) is 0 Å². The highest BCUT2D eigenvalue weighted by Gasteiger charge is 2.11. The molecule has 0 bridgehead atoms. The first-order valence-corrected chi connectivity index (χ1v) is 9.71. The minimum atomic E-state index is -0.392. The number of nitrogens with one attached hydrogen (secondary N) is 2. The van der Waals surface area contributed by atoms with E-state index in [1.54, 1.807) is 24.3 Å². The lowest BCUT2D eigenvalue weighted by Crippen LogP contribution is -2.24. The van der Waals surface area contributed by atoms with Gasteiger partial charge < -0.3 is 21.2 Å². The van der Waals surface area contributed by atoms with E-state index < -0.39 is 5.91 Å². The smallest absolute Gasteiger partial charge is 0.265 e. The van der Waals surface area contributed by atoms with Crippen LogP contribution in [0.5, 0.6) is 0 Å². The highest BCUT2D eigenvalue weighted by molar-refractivity contribution is 6.33. The Morgan fingerprint density at radius 2 is 1.66 bits per heavy atom. The zero-order chi connectivity index (χ0) is 21.2. The highest BCUT2D eigenvalue weighted by atomic mass is 35.5. The largest absolute Gasteiger partial charge is 0.384 e. The van der Waals surface area contributed by atoms with Crippen molar-refractivity contribution in [2.75, 3.05) is 17.2 Å². The summed E-state index contributed by atoms with van der Waals surface area (Å²) in [5, 5.41) is 9.55. The zero-order valence-corrected chi connectivity index (χ0v) is 17.3. The van der Waals surface area contributed by atoms with Gasteiger partial charge in [-0.25, -0.2) is 0 Å². The Hall–Kier alpha value is -3.06. The van der Waals surface area contributed by atoms with Crippen LogP contribution in [0.3, 0.4) is 0 Å². The zero-order valence-electron chi connectivity index (χ0n) is 16.5. The third kappa shape index (κ3) is 6.80. The summed E-state index contributed by atoms with van der Waals surface area (Å²) in [4.78, 5) is 29.2. The van der Waals surface area contributed by atoms with E-state index in [2.05, 4.69) is 15.8 Å². The monoisotopic (exact) mass is 416 g/mol. The molecule has 2 aromatic rings. The summed E-state index contributed by atoms with van der Waals surface area (Å²) in [7, 11) is 0. The maximum Gasteiger partial charge on any atom is 0.265 e. The number of aryl methyl sites for hydroxylation is 2. The van der Waals surface area contributed by atoms with E-state index in [0.717, 1.165) is 29.7 Å². The number of anilines is 2. The van der Waals surface area contributed by atoms with Crippen molar-refractivity contribution >= 4 is 40.6 Å². The fraction of sp³-hybridized carbons (Fsp3) is 0.286. The van der Waals surface area contributed by atoms with Gasteiger partial charge in [0.05, 0.1) is 17.1 Å². The van der Waals surface area contributed by atoms with Crippen molar-refractivity contribution in [3.63, 3.8) is 0 Å². The average molecular weight is 417 g/mol. The third-order valence-electron chi connectivity index (χ3n) is 4.13. The van der Waals surface area contributed by atoms with Gasteiger partial charge in [-0.1, -0.05) is 60.9 Å². The third-order valence-corrected chi connectivity index (χ3v) is 4.46. The molecular formula is C21H25ClN4O3. The van der Waals surface area contributed by atoms with Crippen LogP contribution in [0.1, 0.15) is 31.4 Å². The van der Waals surface area contributed by atoms with Crippen LogP contribution in [0.4, 0.5) is 11.4 Å². The Bertz CT molecular complexity index is 877. The molecule has 0 aliphatic carbocycles. The molecule has 29 heavy (non-hydrogen) atoms. The predicted molar refractivity (Wildman–Crippen MR) is 116 cm³/mol. The number of hydrogen-bond donors (Lipinski definition) is 3. The van der Waals surface area contributed by atoms with Crippen LogP contribution in [0.2, 0.25) is 5.02 Å². The van der Waals surface area contributed by atoms with E-state index in [-0.39, 0.29) is 24.8 Å². The summed E-state index contributed by atoms with van der Waals surface area (Å²) in [6.07, 6.45) is 1.41. The fourth-order valence-corrected chi connectivity index (χ4v) is 2.89. The molecule has 0 saturated carbocycles. The summed E-state index contributed by atoms with van der Waals surface area (Å²) < 4.78 is 0. The number of benzene rings is 2. The normalized spacial score (nSPS) is 11.1. The lowest BCUT2D eigenvalue weighted by Gasteiger charge is -2.14. The van der Waals surface area contributed by atoms with Crippen molar-refractivity contribution in [2.45, 2.75) is 33.1 Å². The van der Waals surface area contributed by atoms with Crippen LogP contribution in [-0.2, 0) is 27.3 Å². The van der Waals surface area contributed by atoms with Crippen molar-refractivity contribution in [1.29, 1.82) is 0 Å². The second kappa shape index (κ2) is 11.1. The molecule has 0 spiro atoms. The van der Waals surface area contributed by atoms with E-state index in [1.807, 2.05) is 32.0 Å². The number of rotatable bonds is 9. The Kier molecular flexibility index (Phi) is 8.48. The first kappa shape index (κ1) is 22.2. The summed E-state index contributed by atoms with van der Waals surface area (Å²) in [5.74, 6) is -0.792. The quantitative estimate of drug-likeness (QED) is 0.329. The van der Waals surface area contributed by atoms with E-state index in [4.69, 9.17) is 22.2 Å². The van der Waals surface area contributed by atoms with Gasteiger partial charge >= 0.3 is 0 Å². The van der Waals surface area contributed by atoms with Gasteiger partial charge in [0.15, 0.2) is 6.61 Å². The van der Waals surface area contributed by atoms with E-state index in [0.29, 0.717) is 10.7 Å². The SMILES string of the molecule is CCc1cccc(CC)c1NC(=O)CO/N=C(/N)CC(=O)Nc1ccccc1Cl. The number of carbonyl (C=O) groups excluding carboxylic acids is 2. The topological polar surface area (TPSA) is 106 Å². The van der Waals surface area contributed by atoms with E-state index in [1.165, 1.54) is 0 Å². The Morgan fingerprint density at radius 3 is 2.28 bits per heavy atom. The maximum atomic E-state index is 12.2. The molecule has 7 nitrogen and oxygen atoms in total. The number of nitrogens with two attached hydrogens (primary N) is 1. The van der Waals surface area contributed by atoms with Crippen molar-refractivity contribution in [3.8, 4) is 0 Å². The van der Waals surface area contributed by atoms with E-state index >= 15 is 0 Å². The minimum absolute atomic E-state index is 0.0504. The molecule has 2 amide bonds. The van der Waals surface area contributed by atoms with Gasteiger partial charge in [0.2, 0.25) is 5.91 Å². The highest BCUT2D eigenvalue weighted by Crippen LogP contribution is 2.22. The van der Waals surface area contributed by atoms with Crippen LogP contribution in [0.15, 0.2) is 47.6 Å². The average Bonchev–Trinajstić information content (AvgIpc) is 2.69. The molecule has 0 radical (unpaired) electrons. The maximum absolute atomic E-state index is 12.2. The lowest BCUT2D eigenvalue weighted by molar-refractivity contribution is -0.120. The van der Waals surface area contributed by atoms with Crippen molar-refractivity contribution in [3.05, 3.63) is 58.6 Å². The van der Waals surface area contributed by atoms with Crippen LogP contribution >= 0.6 is 11.6 Å². The number of halogens is 1. The first-order valence-electron chi connectivity index (χ1n) is 9.33. The molecule has 0 heterocycles. The number of carbonyl (C=O) groups is 2. The second-order valence-corrected chi connectivity index (χ2v) is 6.67. The molecule has 0 aromatic heterocycles. The Balaban J connectivity index is 1.85. The van der Waals surface area contributed by atoms with Crippen LogP contribution < -0.4 is 16.4 Å². The molecule has 154 valence electrons. The summed E-state index contributed by atoms with van der Waals surface area (Å²) >= 11 is 5.99.